The maximum absolute atomic E-state index is 13.0. The molecule has 1 aromatic carbocycles. The lowest BCUT2D eigenvalue weighted by atomic mass is 9.94. The number of hydrogen-bond acceptors (Lipinski definition) is 1. The number of halogens is 3. The molecule has 2 N–H and O–H groups in total. The first-order valence-electron chi connectivity index (χ1n) is 6.32. The Morgan fingerprint density at radius 3 is 2.78 bits per heavy atom. The second-order valence-electron chi connectivity index (χ2n) is 5.29. The number of nitrogens with two attached hydrogens (primary N) is 1. The highest BCUT2D eigenvalue weighted by Gasteiger charge is 2.39. The zero-order valence-electron chi connectivity index (χ0n) is 10.2. The number of alkyl halides is 2. The molecule has 1 aromatic rings. The molecule has 2 atom stereocenters. The molecule has 1 aliphatic carbocycles. The maximum atomic E-state index is 13.0. The van der Waals surface area contributed by atoms with Gasteiger partial charge in [0.25, 0.3) is 0 Å². The predicted molar refractivity (Wildman–Crippen MR) is 65.0 cm³/mol. The van der Waals surface area contributed by atoms with Gasteiger partial charge in [-0.3, -0.25) is 0 Å². The van der Waals surface area contributed by atoms with Crippen molar-refractivity contribution >= 4 is 0 Å². The van der Waals surface area contributed by atoms with E-state index in [4.69, 9.17) is 5.73 Å². The molecule has 0 amide bonds. The van der Waals surface area contributed by atoms with Crippen LogP contribution in [0, 0.1) is 11.7 Å². The molecule has 0 aliphatic heterocycles. The summed E-state index contributed by atoms with van der Waals surface area (Å²) in [6, 6.07) is 6.11. The SMILES string of the molecule is NC(Cc1cccc(F)c1)CC1CCC(F)(F)C1. The molecule has 0 bridgehead atoms. The summed E-state index contributed by atoms with van der Waals surface area (Å²) in [5, 5.41) is 0. The summed E-state index contributed by atoms with van der Waals surface area (Å²) in [6.07, 6.45) is 1.60. The molecule has 1 saturated carbocycles. The fraction of sp³-hybridized carbons (Fsp3) is 0.571. The Hall–Kier alpha value is -1.03. The van der Waals surface area contributed by atoms with Crippen LogP contribution in [0.3, 0.4) is 0 Å². The fourth-order valence-electron chi connectivity index (χ4n) is 2.72. The summed E-state index contributed by atoms with van der Waals surface area (Å²) in [4.78, 5) is 0. The molecule has 0 aromatic heterocycles. The van der Waals surface area contributed by atoms with Gasteiger partial charge in [0.05, 0.1) is 0 Å². The van der Waals surface area contributed by atoms with E-state index in [1.807, 2.05) is 6.07 Å². The highest BCUT2D eigenvalue weighted by molar-refractivity contribution is 5.17. The van der Waals surface area contributed by atoms with Crippen LogP contribution in [0.15, 0.2) is 24.3 Å². The summed E-state index contributed by atoms with van der Waals surface area (Å²) in [5.74, 6) is -2.79. The number of rotatable bonds is 4. The third kappa shape index (κ3) is 3.73. The summed E-state index contributed by atoms with van der Waals surface area (Å²) in [5.41, 5.74) is 6.78. The molecule has 1 aliphatic rings. The smallest absolute Gasteiger partial charge is 0.248 e. The van der Waals surface area contributed by atoms with Gasteiger partial charge in [0, 0.05) is 18.9 Å². The molecule has 100 valence electrons. The molecule has 0 spiro atoms. The van der Waals surface area contributed by atoms with Crippen LogP contribution in [-0.4, -0.2) is 12.0 Å². The van der Waals surface area contributed by atoms with Gasteiger partial charge in [-0.15, -0.1) is 0 Å². The second kappa shape index (κ2) is 5.31. The van der Waals surface area contributed by atoms with Gasteiger partial charge in [-0.25, -0.2) is 13.2 Å². The molecule has 1 nitrogen and oxygen atoms in total. The van der Waals surface area contributed by atoms with E-state index in [0.29, 0.717) is 19.3 Å². The summed E-state index contributed by atoms with van der Waals surface area (Å²) in [6.45, 7) is 0. The predicted octanol–water partition coefficient (Wildman–Crippen LogP) is 3.52. The van der Waals surface area contributed by atoms with Crippen molar-refractivity contribution in [1.82, 2.24) is 0 Å². The Labute approximate surface area is 105 Å². The van der Waals surface area contributed by atoms with Crippen LogP contribution >= 0.6 is 0 Å². The third-order valence-electron chi connectivity index (χ3n) is 3.53. The molecular weight excluding hydrogens is 239 g/mol. The van der Waals surface area contributed by atoms with Crippen molar-refractivity contribution < 1.29 is 13.2 Å². The van der Waals surface area contributed by atoms with Crippen molar-refractivity contribution in [1.29, 1.82) is 0 Å². The van der Waals surface area contributed by atoms with Crippen molar-refractivity contribution in [3.8, 4) is 0 Å². The van der Waals surface area contributed by atoms with Crippen molar-refractivity contribution in [2.45, 2.75) is 44.1 Å². The van der Waals surface area contributed by atoms with E-state index in [1.54, 1.807) is 6.07 Å². The Morgan fingerprint density at radius 1 is 1.39 bits per heavy atom. The van der Waals surface area contributed by atoms with Crippen LogP contribution in [0.5, 0.6) is 0 Å². The zero-order chi connectivity index (χ0) is 13.2. The van der Waals surface area contributed by atoms with Crippen LogP contribution in [0.25, 0.3) is 0 Å². The average molecular weight is 257 g/mol. The van der Waals surface area contributed by atoms with Gasteiger partial charge < -0.3 is 5.73 Å². The van der Waals surface area contributed by atoms with E-state index in [2.05, 4.69) is 0 Å². The molecule has 1 fully saturated rings. The minimum absolute atomic E-state index is 0.00330. The standard InChI is InChI=1S/C14H18F3N/c15-12-3-1-2-10(6-12)7-13(18)8-11-4-5-14(16,17)9-11/h1-3,6,11,13H,4-5,7-9,18H2. The largest absolute Gasteiger partial charge is 0.327 e. The van der Waals surface area contributed by atoms with Crippen LogP contribution in [0.4, 0.5) is 13.2 Å². The molecule has 0 radical (unpaired) electrons. The van der Waals surface area contributed by atoms with Crippen LogP contribution < -0.4 is 5.73 Å². The van der Waals surface area contributed by atoms with Crippen molar-refractivity contribution in [3.63, 3.8) is 0 Å². The molecule has 2 unspecified atom stereocenters. The van der Waals surface area contributed by atoms with Gasteiger partial charge in [0.2, 0.25) is 5.92 Å². The van der Waals surface area contributed by atoms with Gasteiger partial charge in [-0.1, -0.05) is 12.1 Å². The Balaban J connectivity index is 1.84. The molecule has 0 heterocycles. The number of benzene rings is 1. The average Bonchev–Trinajstić information content (AvgIpc) is 2.57. The monoisotopic (exact) mass is 257 g/mol. The van der Waals surface area contributed by atoms with Crippen LogP contribution in [0.2, 0.25) is 0 Å². The quantitative estimate of drug-likeness (QED) is 0.877. The third-order valence-corrected chi connectivity index (χ3v) is 3.53. The second-order valence-corrected chi connectivity index (χ2v) is 5.29. The summed E-state index contributed by atoms with van der Waals surface area (Å²) < 4.78 is 39.1. The Bertz CT molecular complexity index is 406. The minimum atomic E-state index is -2.51. The summed E-state index contributed by atoms with van der Waals surface area (Å²) >= 11 is 0. The van der Waals surface area contributed by atoms with Crippen molar-refractivity contribution in [2.75, 3.05) is 0 Å². The van der Waals surface area contributed by atoms with Gasteiger partial charge in [-0.2, -0.15) is 0 Å². The first kappa shape index (κ1) is 13.4. The fourth-order valence-corrected chi connectivity index (χ4v) is 2.72. The molecular formula is C14H18F3N. The first-order valence-corrected chi connectivity index (χ1v) is 6.32. The van der Waals surface area contributed by atoms with E-state index in [9.17, 15) is 13.2 Å². The highest BCUT2D eigenvalue weighted by Crippen LogP contribution is 2.40. The van der Waals surface area contributed by atoms with Crippen molar-refractivity contribution in [3.05, 3.63) is 35.6 Å². The minimum Gasteiger partial charge on any atom is -0.327 e. The normalized spacial score (nSPS) is 24.1. The highest BCUT2D eigenvalue weighted by atomic mass is 19.3. The number of hydrogen-bond donors (Lipinski definition) is 1. The Kier molecular flexibility index (Phi) is 3.95. The van der Waals surface area contributed by atoms with E-state index < -0.39 is 5.92 Å². The molecule has 18 heavy (non-hydrogen) atoms. The van der Waals surface area contributed by atoms with Gasteiger partial charge >= 0.3 is 0 Å². The Morgan fingerprint density at radius 2 is 2.17 bits per heavy atom. The van der Waals surface area contributed by atoms with Crippen LogP contribution in [-0.2, 0) is 6.42 Å². The lowest BCUT2D eigenvalue weighted by Crippen LogP contribution is -2.26. The topological polar surface area (TPSA) is 26.0 Å². The zero-order valence-corrected chi connectivity index (χ0v) is 10.2. The molecule has 2 rings (SSSR count). The maximum Gasteiger partial charge on any atom is 0.248 e. The van der Waals surface area contributed by atoms with Crippen molar-refractivity contribution in [2.24, 2.45) is 11.7 Å². The van der Waals surface area contributed by atoms with Gasteiger partial charge in [-0.05, 0) is 42.9 Å². The lowest BCUT2D eigenvalue weighted by Gasteiger charge is -2.16. The van der Waals surface area contributed by atoms with Crippen LogP contribution in [0.1, 0.15) is 31.2 Å². The van der Waals surface area contributed by atoms with E-state index >= 15 is 0 Å². The van der Waals surface area contributed by atoms with E-state index in [1.165, 1.54) is 12.1 Å². The molecule has 0 saturated heterocycles. The summed E-state index contributed by atoms with van der Waals surface area (Å²) in [7, 11) is 0. The van der Waals surface area contributed by atoms with Gasteiger partial charge in [0.1, 0.15) is 5.82 Å². The van der Waals surface area contributed by atoms with Gasteiger partial charge in [0.15, 0.2) is 0 Å². The lowest BCUT2D eigenvalue weighted by molar-refractivity contribution is 0.00449. The molecule has 4 heteroatoms. The first-order chi connectivity index (χ1) is 8.44. The van der Waals surface area contributed by atoms with E-state index in [0.717, 1.165) is 5.56 Å². The van der Waals surface area contributed by atoms with E-state index in [-0.39, 0.29) is 30.6 Å².